The third-order valence-electron chi connectivity index (χ3n) is 9.14. The van der Waals surface area contributed by atoms with Crippen molar-refractivity contribution in [1.82, 2.24) is 10.6 Å². The summed E-state index contributed by atoms with van der Waals surface area (Å²) in [5.74, 6) is -7.21. The molecule has 0 aliphatic carbocycles. The highest BCUT2D eigenvalue weighted by atomic mass is 32.3. The number of carbonyl (C=O) groups is 4. The van der Waals surface area contributed by atoms with Crippen LogP contribution in [-0.2, 0) is 96.1 Å². The van der Waals surface area contributed by atoms with Crippen LogP contribution in [0, 0.1) is 0 Å². The standard InChI is InChI=1S/C28H42N2O31S3/c1-6(32)29-12-19(17(60-63(46,47)48)10(4-31)53-25(12)42)56-28-16(37)15(36)21(22(59-28)24(40)41)58-26-13(30-7(2)33)20(57-27-14(35)8(34)3-9(54-27)23(38)39)18(61-64(49,50)51)11(55-26)5-52-62(43,44)45/h3,8,10-22,25-28,31,34-37,42H,4-5H2,1-2H3,(H,29,32)(H,30,33)(H,38,39)(H,40,41)(H,43,44,45)(H,46,47,48)(H,49,50,51)/t8-,10+,11+,12+,13+,14+,15+,16+,17-,18-,19+,20+,21-,22-,25+,26-,27-,28+/m0/s1. The Morgan fingerprint density at radius 3 is 1.66 bits per heavy atom. The number of aliphatic hydroxyl groups is 6. The van der Waals surface area contributed by atoms with Crippen molar-refractivity contribution in [2.75, 3.05) is 13.2 Å². The molecule has 0 aromatic heterocycles. The van der Waals surface area contributed by atoms with E-state index in [0.29, 0.717) is 6.08 Å². The van der Waals surface area contributed by atoms with Crippen LogP contribution < -0.4 is 10.6 Å². The molecule has 0 radical (unpaired) electrons. The fraction of sp³-hybridized carbons (Fsp3) is 0.786. The molecule has 0 unspecified atom stereocenters. The first-order valence-corrected chi connectivity index (χ1v) is 21.8. The molecule has 3 saturated heterocycles. The molecule has 4 aliphatic rings. The zero-order valence-electron chi connectivity index (χ0n) is 32.2. The van der Waals surface area contributed by atoms with Crippen LogP contribution in [0.2, 0.25) is 0 Å². The molecule has 0 bridgehead atoms. The molecule has 64 heavy (non-hydrogen) atoms. The monoisotopic (exact) mass is 998 g/mol. The maximum absolute atomic E-state index is 12.7. The molecule has 18 atom stereocenters. The van der Waals surface area contributed by atoms with E-state index in [1.165, 1.54) is 0 Å². The number of carbonyl (C=O) groups excluding carboxylic acids is 2. The number of carboxylic acids is 2. The minimum atomic E-state index is -5.76. The van der Waals surface area contributed by atoms with Crippen LogP contribution >= 0.6 is 0 Å². The van der Waals surface area contributed by atoms with Crippen molar-refractivity contribution in [3.63, 3.8) is 0 Å². The lowest BCUT2D eigenvalue weighted by atomic mass is 9.94. The third-order valence-corrected chi connectivity index (χ3v) is 10.5. The van der Waals surface area contributed by atoms with Gasteiger partial charge in [-0.1, -0.05) is 0 Å². The first-order valence-electron chi connectivity index (χ1n) is 17.7. The molecule has 2 amide bonds. The van der Waals surface area contributed by atoms with Crippen LogP contribution in [0.15, 0.2) is 11.8 Å². The SMILES string of the molecule is CC(=O)N[C@@H]1[C@@H](O[C@@H]2O[C@H](C(=O)O)[C@@H](O[C@@H]3O[C@H](COS(=O)(=O)O)[C@H](OS(=O)(=O)O)[C@H](O[C@@H]4OC(C(=O)O)=C[C@H](O)[C@H]4O)[C@H]3NC(C)=O)[C@H](O)[C@H]2O)[C@@H](OS(=O)(=O)O)[C@@H](CO)O[C@H]1O. The van der Waals surface area contributed by atoms with Gasteiger partial charge in [-0.2, -0.15) is 25.3 Å². The second kappa shape index (κ2) is 21.0. The zero-order valence-corrected chi connectivity index (χ0v) is 34.6. The topological polar surface area (TPSA) is 510 Å². The molecule has 0 spiro atoms. The van der Waals surface area contributed by atoms with E-state index in [2.05, 4.69) is 23.2 Å². The molecule has 4 aliphatic heterocycles. The highest BCUT2D eigenvalue weighted by Crippen LogP contribution is 2.36. The van der Waals surface area contributed by atoms with Gasteiger partial charge in [0.15, 0.2) is 25.0 Å². The van der Waals surface area contributed by atoms with E-state index in [1.54, 1.807) is 0 Å². The molecule has 4 rings (SSSR count). The Hall–Kier alpha value is -3.45. The normalized spacial score (nSPS) is 38.6. The molecule has 368 valence electrons. The van der Waals surface area contributed by atoms with Gasteiger partial charge in [0.05, 0.1) is 13.2 Å². The van der Waals surface area contributed by atoms with Gasteiger partial charge < -0.3 is 84.6 Å². The summed E-state index contributed by atoms with van der Waals surface area (Å²) in [4.78, 5) is 49.0. The minimum absolute atomic E-state index is 0.485. The molecule has 3 fully saturated rings. The Bertz CT molecular complexity index is 2070. The summed E-state index contributed by atoms with van der Waals surface area (Å²) < 4.78 is 150. The van der Waals surface area contributed by atoms with Gasteiger partial charge in [-0.3, -0.25) is 23.2 Å². The molecular weight excluding hydrogens is 956 g/mol. The quantitative estimate of drug-likeness (QED) is 0.0567. The van der Waals surface area contributed by atoms with Crippen molar-refractivity contribution in [3.8, 4) is 0 Å². The van der Waals surface area contributed by atoms with Crippen LogP contribution in [0.4, 0.5) is 0 Å². The van der Waals surface area contributed by atoms with Crippen molar-refractivity contribution in [2.24, 2.45) is 0 Å². The highest BCUT2D eigenvalue weighted by Gasteiger charge is 2.58. The summed E-state index contributed by atoms with van der Waals surface area (Å²) in [6.07, 6.45) is -37.8. The smallest absolute Gasteiger partial charge is 0.397 e. The van der Waals surface area contributed by atoms with E-state index in [1.807, 2.05) is 0 Å². The number of hydrogen-bond donors (Lipinski definition) is 13. The summed E-state index contributed by atoms with van der Waals surface area (Å²) >= 11 is 0. The first-order chi connectivity index (χ1) is 29.4. The first kappa shape index (κ1) is 53.2. The molecule has 0 saturated carbocycles. The Balaban J connectivity index is 1.79. The lowest BCUT2D eigenvalue weighted by molar-refractivity contribution is -0.361. The Morgan fingerprint density at radius 1 is 0.641 bits per heavy atom. The highest BCUT2D eigenvalue weighted by molar-refractivity contribution is 7.81. The molecule has 36 heteroatoms. The van der Waals surface area contributed by atoms with Crippen LogP contribution in [0.25, 0.3) is 0 Å². The number of rotatable bonds is 18. The van der Waals surface area contributed by atoms with E-state index in [-0.39, 0.29) is 0 Å². The maximum atomic E-state index is 12.7. The summed E-state index contributed by atoms with van der Waals surface area (Å²) in [5.41, 5.74) is 0. The van der Waals surface area contributed by atoms with Gasteiger partial charge >= 0.3 is 43.1 Å². The second-order valence-corrected chi connectivity index (χ2v) is 17.0. The van der Waals surface area contributed by atoms with Crippen molar-refractivity contribution in [3.05, 3.63) is 11.8 Å². The van der Waals surface area contributed by atoms with Crippen LogP contribution in [0.5, 0.6) is 0 Å². The second-order valence-electron chi connectivity index (χ2n) is 13.8. The number of ether oxygens (including phenoxy) is 7. The van der Waals surface area contributed by atoms with Crippen molar-refractivity contribution >= 4 is 54.9 Å². The van der Waals surface area contributed by atoms with E-state index >= 15 is 0 Å². The van der Waals surface area contributed by atoms with E-state index in [9.17, 15) is 98.9 Å². The van der Waals surface area contributed by atoms with Crippen molar-refractivity contribution < 1.29 is 145 Å². The number of carboxylic acid groups (broad SMARTS) is 2. The average molecular weight is 999 g/mol. The maximum Gasteiger partial charge on any atom is 0.397 e. The summed E-state index contributed by atoms with van der Waals surface area (Å²) in [6.45, 7) is -1.11. The average Bonchev–Trinajstić information content (AvgIpc) is 3.14. The summed E-state index contributed by atoms with van der Waals surface area (Å²) in [6, 6.07) is -4.21. The Labute approximate surface area is 359 Å². The minimum Gasteiger partial charge on any atom is -0.479 e. The van der Waals surface area contributed by atoms with E-state index in [4.69, 9.17) is 33.2 Å². The van der Waals surface area contributed by atoms with Crippen molar-refractivity contribution in [1.29, 1.82) is 0 Å². The van der Waals surface area contributed by atoms with E-state index < -0.39 is 184 Å². The zero-order chi connectivity index (χ0) is 48.4. The molecule has 33 nitrogen and oxygen atoms in total. The molecular formula is C28H42N2O31S3. The van der Waals surface area contributed by atoms with Gasteiger partial charge in [0.1, 0.15) is 79.2 Å². The number of hydrogen-bond acceptors (Lipinski definition) is 26. The third kappa shape index (κ3) is 13.8. The van der Waals surface area contributed by atoms with Crippen LogP contribution in [-0.4, -0.2) is 227 Å². The molecule has 4 heterocycles. The van der Waals surface area contributed by atoms with Crippen LogP contribution in [0.3, 0.4) is 0 Å². The Morgan fingerprint density at radius 2 is 1.16 bits per heavy atom. The Kier molecular flexibility index (Phi) is 17.5. The predicted octanol–water partition coefficient (Wildman–Crippen LogP) is -8.64. The number of nitrogens with one attached hydrogen (secondary N) is 2. The van der Waals surface area contributed by atoms with Gasteiger partial charge in [0.25, 0.3) is 0 Å². The number of aliphatic hydroxyl groups excluding tert-OH is 6. The lowest BCUT2D eigenvalue weighted by Crippen LogP contribution is -2.70. The van der Waals surface area contributed by atoms with Gasteiger partial charge in [-0.05, 0) is 6.08 Å². The number of amides is 2. The van der Waals surface area contributed by atoms with Gasteiger partial charge in [-0.25, -0.2) is 22.1 Å². The molecule has 0 aromatic rings. The summed E-state index contributed by atoms with van der Waals surface area (Å²) in [5, 5.41) is 87.8. The van der Waals surface area contributed by atoms with Gasteiger partial charge in [0.2, 0.25) is 23.9 Å². The predicted molar refractivity (Wildman–Crippen MR) is 188 cm³/mol. The van der Waals surface area contributed by atoms with Gasteiger partial charge in [0, 0.05) is 13.8 Å². The number of aliphatic carboxylic acids is 2. The van der Waals surface area contributed by atoms with Crippen molar-refractivity contribution in [2.45, 2.75) is 124 Å². The fourth-order valence-corrected chi connectivity index (χ4v) is 7.96. The lowest BCUT2D eigenvalue weighted by Gasteiger charge is -2.49. The molecule has 13 N–H and O–H groups in total. The van der Waals surface area contributed by atoms with Crippen LogP contribution in [0.1, 0.15) is 13.8 Å². The van der Waals surface area contributed by atoms with Gasteiger partial charge in [-0.15, -0.1) is 0 Å². The van der Waals surface area contributed by atoms with E-state index in [0.717, 1.165) is 13.8 Å². The fourth-order valence-electron chi connectivity index (χ4n) is 6.63. The molecule has 0 aromatic carbocycles. The summed E-state index contributed by atoms with van der Waals surface area (Å²) in [7, 11) is -16.8. The largest absolute Gasteiger partial charge is 0.479 e.